The molecule has 0 aliphatic carbocycles. The summed E-state index contributed by atoms with van der Waals surface area (Å²) in [6, 6.07) is 6.32. The molecule has 1 heterocycles. The molecule has 0 spiro atoms. The fraction of sp³-hybridized carbons (Fsp3) is 0.625. The number of ether oxygens (including phenoxy) is 2. The Hall–Kier alpha value is -1.26. The molecule has 4 nitrogen and oxygen atoms in total. The predicted molar refractivity (Wildman–Crippen MR) is 79.3 cm³/mol. The van der Waals surface area contributed by atoms with Crippen molar-refractivity contribution in [1.29, 1.82) is 0 Å². The summed E-state index contributed by atoms with van der Waals surface area (Å²) in [7, 11) is 0. The molecule has 0 radical (unpaired) electrons. The lowest BCUT2D eigenvalue weighted by Crippen LogP contribution is -2.38. The van der Waals surface area contributed by atoms with Gasteiger partial charge in [-0.25, -0.2) is 0 Å². The zero-order chi connectivity index (χ0) is 14.5. The normalized spacial score (nSPS) is 17.6. The Morgan fingerprint density at radius 2 is 1.85 bits per heavy atom. The molecule has 2 atom stereocenters. The van der Waals surface area contributed by atoms with Crippen molar-refractivity contribution >= 4 is 0 Å². The van der Waals surface area contributed by atoms with E-state index in [1.807, 2.05) is 12.1 Å². The monoisotopic (exact) mass is 279 g/mol. The lowest BCUT2D eigenvalue weighted by Gasteiger charge is -2.25. The summed E-state index contributed by atoms with van der Waals surface area (Å²) in [6.07, 6.45) is 0.914. The molecule has 1 aromatic carbocycles. The van der Waals surface area contributed by atoms with Crippen LogP contribution in [0.15, 0.2) is 18.2 Å². The standard InChI is InChI=1S/C16H25NO3/c1-11(2)14(10-18)17-12(3)13-5-6-15-16(9-13)20-8-4-7-19-15/h5-6,9,11-12,14,17-18H,4,7-8,10H2,1-3H3. The van der Waals surface area contributed by atoms with Gasteiger partial charge in [0.15, 0.2) is 11.5 Å². The summed E-state index contributed by atoms with van der Waals surface area (Å²) in [5.74, 6) is 2.03. The van der Waals surface area contributed by atoms with Crippen molar-refractivity contribution in [2.75, 3.05) is 19.8 Å². The minimum absolute atomic E-state index is 0.0981. The van der Waals surface area contributed by atoms with E-state index >= 15 is 0 Å². The zero-order valence-electron chi connectivity index (χ0n) is 12.6. The highest BCUT2D eigenvalue weighted by Crippen LogP contribution is 2.32. The van der Waals surface area contributed by atoms with Crippen LogP contribution in [-0.2, 0) is 0 Å². The second kappa shape index (κ2) is 6.95. The van der Waals surface area contributed by atoms with Crippen molar-refractivity contribution in [3.8, 4) is 11.5 Å². The Morgan fingerprint density at radius 3 is 2.50 bits per heavy atom. The first-order valence-electron chi connectivity index (χ1n) is 7.38. The van der Waals surface area contributed by atoms with Crippen molar-refractivity contribution in [3.63, 3.8) is 0 Å². The third-order valence-electron chi connectivity index (χ3n) is 3.74. The molecule has 0 bridgehead atoms. The number of rotatable bonds is 5. The van der Waals surface area contributed by atoms with Crippen molar-refractivity contribution in [1.82, 2.24) is 5.32 Å². The van der Waals surface area contributed by atoms with E-state index in [0.717, 1.165) is 23.5 Å². The Labute approximate surface area is 121 Å². The molecule has 112 valence electrons. The molecule has 0 amide bonds. The Morgan fingerprint density at radius 1 is 1.15 bits per heavy atom. The molecular formula is C16H25NO3. The number of fused-ring (bicyclic) bond motifs is 1. The van der Waals surface area contributed by atoms with Gasteiger partial charge in [0.1, 0.15) is 0 Å². The zero-order valence-corrected chi connectivity index (χ0v) is 12.6. The van der Waals surface area contributed by atoms with Crippen LogP contribution < -0.4 is 14.8 Å². The second-order valence-electron chi connectivity index (χ2n) is 5.68. The average molecular weight is 279 g/mol. The molecule has 2 rings (SSSR count). The summed E-state index contributed by atoms with van der Waals surface area (Å²) in [5, 5.41) is 12.9. The van der Waals surface area contributed by atoms with Crippen LogP contribution in [0.25, 0.3) is 0 Å². The first kappa shape index (κ1) is 15.1. The van der Waals surface area contributed by atoms with Gasteiger partial charge < -0.3 is 19.9 Å². The average Bonchev–Trinajstić information content (AvgIpc) is 2.68. The van der Waals surface area contributed by atoms with E-state index in [1.54, 1.807) is 0 Å². The topological polar surface area (TPSA) is 50.7 Å². The highest BCUT2D eigenvalue weighted by molar-refractivity contribution is 5.44. The molecule has 20 heavy (non-hydrogen) atoms. The summed E-state index contributed by atoms with van der Waals surface area (Å²) in [6.45, 7) is 7.86. The van der Waals surface area contributed by atoms with Crippen LogP contribution in [0.1, 0.15) is 38.8 Å². The van der Waals surface area contributed by atoms with Crippen LogP contribution in [0.5, 0.6) is 11.5 Å². The van der Waals surface area contributed by atoms with Gasteiger partial charge in [0.05, 0.1) is 19.8 Å². The molecule has 1 aliphatic rings. The van der Waals surface area contributed by atoms with Crippen molar-refractivity contribution in [2.24, 2.45) is 5.92 Å². The number of aliphatic hydroxyl groups is 1. The smallest absolute Gasteiger partial charge is 0.161 e. The SMILES string of the molecule is CC(NC(CO)C(C)C)c1ccc2c(c1)OCCCO2. The van der Waals surface area contributed by atoms with Gasteiger partial charge in [-0.05, 0) is 30.5 Å². The Bertz CT molecular complexity index is 434. The third-order valence-corrected chi connectivity index (χ3v) is 3.74. The van der Waals surface area contributed by atoms with Crippen molar-refractivity contribution < 1.29 is 14.6 Å². The number of nitrogens with one attached hydrogen (secondary N) is 1. The van der Waals surface area contributed by atoms with Crippen LogP contribution in [-0.4, -0.2) is 31.0 Å². The van der Waals surface area contributed by atoms with E-state index in [0.29, 0.717) is 19.1 Å². The van der Waals surface area contributed by atoms with E-state index in [9.17, 15) is 5.11 Å². The van der Waals surface area contributed by atoms with Gasteiger partial charge in [-0.15, -0.1) is 0 Å². The van der Waals surface area contributed by atoms with Crippen LogP contribution in [0.2, 0.25) is 0 Å². The van der Waals surface area contributed by atoms with Gasteiger partial charge in [-0.2, -0.15) is 0 Å². The summed E-state index contributed by atoms with van der Waals surface area (Å²) in [4.78, 5) is 0. The Balaban J connectivity index is 2.10. The van der Waals surface area contributed by atoms with Crippen molar-refractivity contribution in [2.45, 2.75) is 39.3 Å². The highest BCUT2D eigenvalue weighted by Gasteiger charge is 2.18. The van der Waals surface area contributed by atoms with Gasteiger partial charge in [-0.1, -0.05) is 19.9 Å². The van der Waals surface area contributed by atoms with E-state index < -0.39 is 0 Å². The number of benzene rings is 1. The summed E-state index contributed by atoms with van der Waals surface area (Å²) < 4.78 is 11.4. The largest absolute Gasteiger partial charge is 0.490 e. The molecule has 0 fully saturated rings. The van der Waals surface area contributed by atoms with Crippen LogP contribution in [0.4, 0.5) is 0 Å². The molecule has 1 aromatic rings. The van der Waals surface area contributed by atoms with Gasteiger partial charge >= 0.3 is 0 Å². The molecule has 0 saturated carbocycles. The van der Waals surface area contributed by atoms with Gasteiger partial charge in [0.2, 0.25) is 0 Å². The lowest BCUT2D eigenvalue weighted by molar-refractivity contribution is 0.201. The van der Waals surface area contributed by atoms with E-state index in [-0.39, 0.29) is 18.7 Å². The van der Waals surface area contributed by atoms with Gasteiger partial charge in [-0.3, -0.25) is 0 Å². The molecule has 2 N–H and O–H groups in total. The van der Waals surface area contributed by atoms with Gasteiger partial charge in [0.25, 0.3) is 0 Å². The minimum atomic E-state index is 0.0981. The fourth-order valence-corrected chi connectivity index (χ4v) is 2.32. The van der Waals surface area contributed by atoms with Crippen LogP contribution in [0.3, 0.4) is 0 Å². The molecular weight excluding hydrogens is 254 g/mol. The van der Waals surface area contributed by atoms with E-state index in [2.05, 4.69) is 32.2 Å². The molecule has 0 aromatic heterocycles. The molecule has 4 heteroatoms. The van der Waals surface area contributed by atoms with E-state index in [4.69, 9.17) is 9.47 Å². The summed E-state index contributed by atoms with van der Waals surface area (Å²) in [5.41, 5.74) is 1.15. The lowest BCUT2D eigenvalue weighted by atomic mass is 10.0. The maximum atomic E-state index is 9.41. The van der Waals surface area contributed by atoms with E-state index in [1.165, 1.54) is 0 Å². The maximum Gasteiger partial charge on any atom is 0.161 e. The van der Waals surface area contributed by atoms with Crippen LogP contribution >= 0.6 is 0 Å². The van der Waals surface area contributed by atoms with Gasteiger partial charge in [0, 0.05) is 18.5 Å². The minimum Gasteiger partial charge on any atom is -0.490 e. The maximum absolute atomic E-state index is 9.41. The number of hydrogen-bond donors (Lipinski definition) is 2. The molecule has 1 aliphatic heterocycles. The number of hydrogen-bond acceptors (Lipinski definition) is 4. The predicted octanol–water partition coefficient (Wildman–Crippen LogP) is 2.52. The fourth-order valence-electron chi connectivity index (χ4n) is 2.32. The first-order valence-corrected chi connectivity index (χ1v) is 7.38. The molecule has 2 unspecified atom stereocenters. The Kier molecular flexibility index (Phi) is 5.26. The number of aliphatic hydroxyl groups excluding tert-OH is 1. The van der Waals surface area contributed by atoms with Crippen molar-refractivity contribution in [3.05, 3.63) is 23.8 Å². The summed E-state index contributed by atoms with van der Waals surface area (Å²) >= 11 is 0. The van der Waals surface area contributed by atoms with Crippen LogP contribution in [0, 0.1) is 5.92 Å². The first-order chi connectivity index (χ1) is 9.61. The second-order valence-corrected chi connectivity index (χ2v) is 5.68. The quantitative estimate of drug-likeness (QED) is 0.869. The third kappa shape index (κ3) is 3.64. The molecule has 0 saturated heterocycles. The highest BCUT2D eigenvalue weighted by atomic mass is 16.5.